The SMILES string of the molecule is N#Cc1cccc(CNC(=O)c2ccc(C(F)(F)F)cc2Oc2ccc(F)cc2Cl)c1. The van der Waals surface area contributed by atoms with Gasteiger partial charge in [-0.15, -0.1) is 0 Å². The minimum Gasteiger partial charge on any atom is -0.455 e. The van der Waals surface area contributed by atoms with Crippen LogP contribution >= 0.6 is 11.6 Å². The Morgan fingerprint density at radius 3 is 2.52 bits per heavy atom. The molecule has 4 nitrogen and oxygen atoms in total. The van der Waals surface area contributed by atoms with Crippen molar-refractivity contribution in [1.29, 1.82) is 5.26 Å². The molecule has 0 saturated carbocycles. The van der Waals surface area contributed by atoms with Crippen molar-refractivity contribution in [3.63, 3.8) is 0 Å². The van der Waals surface area contributed by atoms with E-state index in [0.29, 0.717) is 17.2 Å². The van der Waals surface area contributed by atoms with Crippen LogP contribution in [0.15, 0.2) is 60.7 Å². The highest BCUT2D eigenvalue weighted by atomic mass is 35.5. The van der Waals surface area contributed by atoms with Crippen molar-refractivity contribution in [1.82, 2.24) is 5.32 Å². The van der Waals surface area contributed by atoms with Crippen LogP contribution in [-0.2, 0) is 12.7 Å². The molecule has 0 heterocycles. The maximum absolute atomic E-state index is 13.3. The van der Waals surface area contributed by atoms with Gasteiger partial charge >= 0.3 is 6.18 Å². The fourth-order valence-corrected chi connectivity index (χ4v) is 2.88. The first-order valence-electron chi connectivity index (χ1n) is 8.79. The Labute approximate surface area is 179 Å². The first-order valence-corrected chi connectivity index (χ1v) is 9.16. The molecular formula is C22H13ClF4N2O2. The Morgan fingerprint density at radius 1 is 1.06 bits per heavy atom. The van der Waals surface area contributed by atoms with E-state index in [1.54, 1.807) is 24.3 Å². The number of hydrogen-bond donors (Lipinski definition) is 1. The van der Waals surface area contributed by atoms with Crippen molar-refractivity contribution in [2.24, 2.45) is 0 Å². The number of carbonyl (C=O) groups is 1. The number of nitrogens with zero attached hydrogens (tertiary/aromatic N) is 1. The average Bonchev–Trinajstić information content (AvgIpc) is 2.73. The second-order valence-electron chi connectivity index (χ2n) is 6.38. The molecule has 0 unspecified atom stereocenters. The van der Waals surface area contributed by atoms with Gasteiger partial charge in [-0.1, -0.05) is 23.7 Å². The largest absolute Gasteiger partial charge is 0.455 e. The van der Waals surface area contributed by atoms with E-state index in [1.165, 1.54) is 0 Å². The fourth-order valence-electron chi connectivity index (χ4n) is 2.68. The van der Waals surface area contributed by atoms with Crippen molar-refractivity contribution < 1.29 is 27.1 Å². The lowest BCUT2D eigenvalue weighted by molar-refractivity contribution is -0.137. The summed E-state index contributed by atoms with van der Waals surface area (Å²) in [6.45, 7) is 0.0338. The Bertz CT molecular complexity index is 1170. The number of halogens is 5. The summed E-state index contributed by atoms with van der Waals surface area (Å²) in [5, 5.41) is 11.3. The summed E-state index contributed by atoms with van der Waals surface area (Å²) in [6.07, 6.45) is -4.67. The summed E-state index contributed by atoms with van der Waals surface area (Å²) in [5.41, 5.74) is -0.177. The molecule has 0 bridgehead atoms. The zero-order chi connectivity index (χ0) is 22.6. The lowest BCUT2D eigenvalue weighted by atomic mass is 10.1. The van der Waals surface area contributed by atoms with Crippen LogP contribution in [-0.4, -0.2) is 5.91 Å². The first-order chi connectivity index (χ1) is 14.7. The quantitative estimate of drug-likeness (QED) is 0.480. The summed E-state index contributed by atoms with van der Waals surface area (Å²) in [7, 11) is 0. The molecule has 0 saturated heterocycles. The number of ether oxygens (including phenoxy) is 1. The van der Waals surface area contributed by atoms with E-state index in [1.807, 2.05) is 6.07 Å². The number of carbonyl (C=O) groups excluding carboxylic acids is 1. The maximum atomic E-state index is 13.3. The summed E-state index contributed by atoms with van der Waals surface area (Å²) < 4.78 is 58.2. The van der Waals surface area contributed by atoms with Crippen LogP contribution < -0.4 is 10.1 Å². The third-order valence-electron chi connectivity index (χ3n) is 4.18. The molecule has 3 aromatic carbocycles. The van der Waals surface area contributed by atoms with E-state index < -0.39 is 29.2 Å². The zero-order valence-electron chi connectivity index (χ0n) is 15.6. The number of benzene rings is 3. The van der Waals surface area contributed by atoms with Crippen LogP contribution in [0.3, 0.4) is 0 Å². The van der Waals surface area contributed by atoms with Gasteiger partial charge in [0.15, 0.2) is 0 Å². The monoisotopic (exact) mass is 448 g/mol. The van der Waals surface area contributed by atoms with Gasteiger partial charge in [0.2, 0.25) is 0 Å². The molecule has 0 aliphatic carbocycles. The second kappa shape index (κ2) is 9.06. The van der Waals surface area contributed by atoms with Gasteiger partial charge in [0.1, 0.15) is 17.3 Å². The highest BCUT2D eigenvalue weighted by molar-refractivity contribution is 6.32. The first kappa shape index (κ1) is 22.1. The highest BCUT2D eigenvalue weighted by Gasteiger charge is 2.32. The van der Waals surface area contributed by atoms with Crippen molar-refractivity contribution in [2.75, 3.05) is 0 Å². The van der Waals surface area contributed by atoms with Crippen molar-refractivity contribution in [3.8, 4) is 17.6 Å². The Balaban J connectivity index is 1.90. The molecule has 1 N–H and O–H groups in total. The van der Waals surface area contributed by atoms with E-state index in [4.69, 9.17) is 21.6 Å². The molecule has 158 valence electrons. The van der Waals surface area contributed by atoms with Crippen LogP contribution in [0.25, 0.3) is 0 Å². The molecule has 0 aliphatic rings. The van der Waals surface area contributed by atoms with Crippen molar-refractivity contribution in [2.45, 2.75) is 12.7 Å². The van der Waals surface area contributed by atoms with E-state index >= 15 is 0 Å². The van der Waals surface area contributed by atoms with Crippen LogP contribution in [0.4, 0.5) is 17.6 Å². The van der Waals surface area contributed by atoms with Crippen LogP contribution in [0.5, 0.6) is 11.5 Å². The van der Waals surface area contributed by atoms with Gasteiger partial charge < -0.3 is 10.1 Å². The normalized spacial score (nSPS) is 11.0. The molecule has 31 heavy (non-hydrogen) atoms. The lowest BCUT2D eigenvalue weighted by Crippen LogP contribution is -2.23. The Hall–Kier alpha value is -3.57. The lowest BCUT2D eigenvalue weighted by Gasteiger charge is -2.15. The van der Waals surface area contributed by atoms with Crippen LogP contribution in [0.1, 0.15) is 27.0 Å². The predicted molar refractivity (Wildman–Crippen MR) is 105 cm³/mol. The summed E-state index contributed by atoms with van der Waals surface area (Å²) in [6, 6.07) is 14.0. The van der Waals surface area contributed by atoms with Gasteiger partial charge in [-0.25, -0.2) is 4.39 Å². The number of alkyl halides is 3. The third-order valence-corrected chi connectivity index (χ3v) is 4.47. The van der Waals surface area contributed by atoms with Gasteiger partial charge in [-0.2, -0.15) is 18.4 Å². The molecule has 3 rings (SSSR count). The molecular weight excluding hydrogens is 436 g/mol. The van der Waals surface area contributed by atoms with Crippen LogP contribution in [0.2, 0.25) is 5.02 Å². The van der Waals surface area contributed by atoms with E-state index in [0.717, 1.165) is 30.3 Å². The van der Waals surface area contributed by atoms with Gasteiger partial charge in [-0.05, 0) is 54.1 Å². The average molecular weight is 449 g/mol. The van der Waals surface area contributed by atoms with E-state index in [9.17, 15) is 22.4 Å². The predicted octanol–water partition coefficient (Wildman–Crippen LogP) is 6.09. The third kappa shape index (κ3) is 5.53. The summed E-state index contributed by atoms with van der Waals surface area (Å²) >= 11 is 5.90. The molecule has 1 amide bonds. The molecule has 0 atom stereocenters. The molecule has 0 radical (unpaired) electrons. The smallest absolute Gasteiger partial charge is 0.416 e. The molecule has 0 aromatic heterocycles. The zero-order valence-corrected chi connectivity index (χ0v) is 16.4. The van der Waals surface area contributed by atoms with Crippen molar-refractivity contribution in [3.05, 3.63) is 93.8 Å². The number of amides is 1. The maximum Gasteiger partial charge on any atom is 0.416 e. The number of nitriles is 1. The molecule has 0 fully saturated rings. The van der Waals surface area contributed by atoms with E-state index in [-0.39, 0.29) is 22.9 Å². The highest BCUT2D eigenvalue weighted by Crippen LogP contribution is 2.37. The van der Waals surface area contributed by atoms with E-state index in [2.05, 4.69) is 5.32 Å². The summed E-state index contributed by atoms with van der Waals surface area (Å²) in [4.78, 5) is 12.7. The number of rotatable bonds is 5. The van der Waals surface area contributed by atoms with Gasteiger partial charge in [0, 0.05) is 6.54 Å². The molecule has 3 aromatic rings. The van der Waals surface area contributed by atoms with Gasteiger partial charge in [0.25, 0.3) is 5.91 Å². The molecule has 9 heteroatoms. The second-order valence-corrected chi connectivity index (χ2v) is 6.79. The van der Waals surface area contributed by atoms with Crippen LogP contribution in [0, 0.1) is 17.1 Å². The minimum absolute atomic E-state index is 0.0338. The Morgan fingerprint density at radius 2 is 1.84 bits per heavy atom. The number of hydrogen-bond acceptors (Lipinski definition) is 3. The fraction of sp³-hybridized carbons (Fsp3) is 0.0909. The molecule has 0 aliphatic heterocycles. The van der Waals surface area contributed by atoms with Gasteiger partial charge in [0.05, 0.1) is 27.8 Å². The topological polar surface area (TPSA) is 62.1 Å². The number of nitrogens with one attached hydrogen (secondary N) is 1. The molecule has 0 spiro atoms. The summed E-state index contributed by atoms with van der Waals surface area (Å²) in [5.74, 6) is -1.87. The standard InChI is InChI=1S/C22H13ClF4N2O2/c23-18-10-16(24)5-7-19(18)31-20-9-15(22(25,26)27)4-6-17(20)21(30)29-12-14-3-1-2-13(8-14)11-28/h1-10H,12H2,(H,29,30). The minimum atomic E-state index is -4.67. The van der Waals surface area contributed by atoms with Crippen molar-refractivity contribution >= 4 is 17.5 Å². The Kier molecular flexibility index (Phi) is 6.47. The van der Waals surface area contributed by atoms with Gasteiger partial charge in [-0.3, -0.25) is 4.79 Å².